The van der Waals surface area contributed by atoms with Crippen molar-refractivity contribution in [3.8, 4) is 0 Å². The molecule has 1 saturated carbocycles. The van der Waals surface area contributed by atoms with E-state index in [4.69, 9.17) is 15.0 Å². The molecular weight excluding hydrogens is 230 g/mol. The van der Waals surface area contributed by atoms with Gasteiger partial charge in [0, 0.05) is 20.1 Å². The van der Waals surface area contributed by atoms with E-state index >= 15 is 0 Å². The first kappa shape index (κ1) is 13.5. The molecule has 18 heavy (non-hydrogen) atoms. The fourth-order valence-electron chi connectivity index (χ4n) is 2.59. The third kappa shape index (κ3) is 3.09. The highest BCUT2D eigenvalue weighted by Gasteiger charge is 2.34. The molecule has 1 fully saturated rings. The Morgan fingerprint density at radius 3 is 2.78 bits per heavy atom. The number of ether oxygens (including phenoxy) is 1. The summed E-state index contributed by atoms with van der Waals surface area (Å²) in [5.74, 6) is 1.73. The molecule has 0 aliphatic heterocycles. The lowest BCUT2D eigenvalue weighted by atomic mass is 9.82. The number of aromatic nitrogens is 2. The molecule has 0 amide bonds. The van der Waals surface area contributed by atoms with Crippen molar-refractivity contribution >= 4 is 0 Å². The zero-order valence-corrected chi connectivity index (χ0v) is 11.3. The van der Waals surface area contributed by atoms with Gasteiger partial charge in [0.05, 0.1) is 5.54 Å². The smallest absolute Gasteiger partial charge is 0.227 e. The van der Waals surface area contributed by atoms with Crippen molar-refractivity contribution < 1.29 is 9.26 Å². The number of methoxy groups -OCH3 is 1. The van der Waals surface area contributed by atoms with E-state index in [1.54, 1.807) is 7.11 Å². The van der Waals surface area contributed by atoms with Gasteiger partial charge in [-0.25, -0.2) is 0 Å². The molecule has 2 N–H and O–H groups in total. The first-order chi connectivity index (χ1) is 8.64. The minimum Gasteiger partial charge on any atom is -0.384 e. The molecule has 0 radical (unpaired) electrons. The van der Waals surface area contributed by atoms with Crippen molar-refractivity contribution in [2.75, 3.05) is 13.7 Å². The Labute approximate surface area is 108 Å². The minimum atomic E-state index is -0.371. The predicted molar refractivity (Wildman–Crippen MR) is 68.0 cm³/mol. The summed E-state index contributed by atoms with van der Waals surface area (Å²) in [5, 5.41) is 4.07. The normalized spacial score (nSPS) is 20.8. The quantitative estimate of drug-likeness (QED) is 0.869. The van der Waals surface area contributed by atoms with Crippen LogP contribution in [-0.2, 0) is 16.7 Å². The van der Waals surface area contributed by atoms with Crippen molar-refractivity contribution in [1.29, 1.82) is 0 Å². The Morgan fingerprint density at radius 2 is 2.11 bits per heavy atom. The van der Waals surface area contributed by atoms with Gasteiger partial charge in [0.15, 0.2) is 5.82 Å². The topological polar surface area (TPSA) is 74.2 Å². The molecular formula is C13H23N3O2. The number of hydrogen-bond donors (Lipinski definition) is 1. The molecule has 0 aromatic carbocycles. The summed E-state index contributed by atoms with van der Waals surface area (Å²) in [7, 11) is 1.70. The second kappa shape index (κ2) is 5.80. The Bertz CT molecular complexity index is 372. The first-order valence-electron chi connectivity index (χ1n) is 6.75. The van der Waals surface area contributed by atoms with Crippen LogP contribution in [0.25, 0.3) is 0 Å². The van der Waals surface area contributed by atoms with E-state index in [1.165, 1.54) is 6.42 Å². The van der Waals surface area contributed by atoms with Crippen LogP contribution in [-0.4, -0.2) is 23.9 Å². The van der Waals surface area contributed by atoms with Gasteiger partial charge in [-0.15, -0.1) is 0 Å². The predicted octanol–water partition coefficient (Wildman–Crippen LogP) is 2.01. The van der Waals surface area contributed by atoms with Gasteiger partial charge in [-0.2, -0.15) is 4.98 Å². The maximum absolute atomic E-state index is 6.37. The van der Waals surface area contributed by atoms with Crippen LogP contribution >= 0.6 is 0 Å². The SMILES string of the molecule is COCC(C)Cc1nc(C2(N)CCCCC2)no1. The standard InChI is InChI=1S/C13H23N3O2/c1-10(9-17-2)8-11-15-12(16-18-11)13(14)6-4-3-5-7-13/h10H,3-9,14H2,1-2H3. The second-order valence-corrected chi connectivity index (χ2v) is 5.49. The maximum atomic E-state index is 6.37. The molecule has 1 aromatic heterocycles. The highest BCUT2D eigenvalue weighted by molar-refractivity contribution is 5.05. The number of nitrogens with two attached hydrogens (primary N) is 1. The molecule has 0 saturated heterocycles. The van der Waals surface area contributed by atoms with Gasteiger partial charge >= 0.3 is 0 Å². The average molecular weight is 253 g/mol. The molecule has 2 rings (SSSR count). The van der Waals surface area contributed by atoms with E-state index in [0.717, 1.165) is 32.1 Å². The second-order valence-electron chi connectivity index (χ2n) is 5.49. The Morgan fingerprint density at radius 1 is 1.39 bits per heavy atom. The molecule has 1 aliphatic rings. The molecule has 0 spiro atoms. The molecule has 102 valence electrons. The number of nitrogens with zero attached hydrogens (tertiary/aromatic N) is 2. The van der Waals surface area contributed by atoms with Gasteiger partial charge in [0.1, 0.15) is 0 Å². The van der Waals surface area contributed by atoms with Crippen molar-refractivity contribution in [3.63, 3.8) is 0 Å². The molecule has 1 aromatic rings. The molecule has 0 bridgehead atoms. The van der Waals surface area contributed by atoms with Crippen LogP contribution in [0.5, 0.6) is 0 Å². The molecule has 1 atom stereocenters. The van der Waals surface area contributed by atoms with E-state index in [0.29, 0.717) is 24.2 Å². The fourth-order valence-corrected chi connectivity index (χ4v) is 2.59. The van der Waals surface area contributed by atoms with E-state index in [9.17, 15) is 0 Å². The highest BCUT2D eigenvalue weighted by Crippen LogP contribution is 2.33. The van der Waals surface area contributed by atoms with Crippen LogP contribution in [0, 0.1) is 5.92 Å². The van der Waals surface area contributed by atoms with Crippen LogP contribution < -0.4 is 5.73 Å². The number of hydrogen-bond acceptors (Lipinski definition) is 5. The monoisotopic (exact) mass is 253 g/mol. The summed E-state index contributed by atoms with van der Waals surface area (Å²) in [6.45, 7) is 2.80. The Hall–Kier alpha value is -0.940. The van der Waals surface area contributed by atoms with Crippen molar-refractivity contribution in [2.24, 2.45) is 11.7 Å². The van der Waals surface area contributed by atoms with Gasteiger partial charge < -0.3 is 15.0 Å². The molecule has 5 nitrogen and oxygen atoms in total. The lowest BCUT2D eigenvalue weighted by molar-refractivity contribution is 0.155. The van der Waals surface area contributed by atoms with Crippen molar-refractivity contribution in [2.45, 2.75) is 51.0 Å². The van der Waals surface area contributed by atoms with Crippen LogP contribution in [0.4, 0.5) is 0 Å². The molecule has 5 heteroatoms. The maximum Gasteiger partial charge on any atom is 0.227 e. The zero-order valence-electron chi connectivity index (χ0n) is 11.3. The van der Waals surface area contributed by atoms with Crippen molar-refractivity contribution in [3.05, 3.63) is 11.7 Å². The summed E-state index contributed by atoms with van der Waals surface area (Å²) in [4.78, 5) is 4.47. The summed E-state index contributed by atoms with van der Waals surface area (Å²) in [6.07, 6.45) is 6.23. The van der Waals surface area contributed by atoms with Gasteiger partial charge in [-0.05, 0) is 18.8 Å². The Balaban J connectivity index is 2.00. The van der Waals surface area contributed by atoms with Gasteiger partial charge in [0.2, 0.25) is 5.89 Å². The zero-order chi connectivity index (χ0) is 13.0. The van der Waals surface area contributed by atoms with Crippen molar-refractivity contribution in [1.82, 2.24) is 10.1 Å². The summed E-state index contributed by atoms with van der Waals surface area (Å²) in [5.41, 5.74) is 6.00. The summed E-state index contributed by atoms with van der Waals surface area (Å²) < 4.78 is 10.4. The Kier molecular flexibility index (Phi) is 4.35. The third-order valence-electron chi connectivity index (χ3n) is 3.63. The van der Waals surface area contributed by atoms with E-state index in [2.05, 4.69) is 17.1 Å². The van der Waals surface area contributed by atoms with Gasteiger partial charge in [-0.3, -0.25) is 0 Å². The number of rotatable bonds is 5. The largest absolute Gasteiger partial charge is 0.384 e. The van der Waals surface area contributed by atoms with E-state index in [-0.39, 0.29) is 5.54 Å². The molecule has 1 heterocycles. The van der Waals surface area contributed by atoms with Crippen LogP contribution in [0.15, 0.2) is 4.52 Å². The third-order valence-corrected chi connectivity index (χ3v) is 3.63. The fraction of sp³-hybridized carbons (Fsp3) is 0.846. The van der Waals surface area contributed by atoms with Crippen LogP contribution in [0.2, 0.25) is 0 Å². The lowest BCUT2D eigenvalue weighted by Gasteiger charge is -2.29. The average Bonchev–Trinajstić information content (AvgIpc) is 2.79. The summed E-state index contributed by atoms with van der Waals surface area (Å²) in [6, 6.07) is 0. The van der Waals surface area contributed by atoms with Gasteiger partial charge in [-0.1, -0.05) is 31.3 Å². The van der Waals surface area contributed by atoms with Crippen LogP contribution in [0.1, 0.15) is 50.7 Å². The highest BCUT2D eigenvalue weighted by atomic mass is 16.5. The van der Waals surface area contributed by atoms with E-state index < -0.39 is 0 Å². The first-order valence-corrected chi connectivity index (χ1v) is 6.75. The molecule has 1 aliphatic carbocycles. The lowest BCUT2D eigenvalue weighted by Crippen LogP contribution is -2.39. The van der Waals surface area contributed by atoms with Crippen LogP contribution in [0.3, 0.4) is 0 Å². The van der Waals surface area contributed by atoms with E-state index in [1.807, 2.05) is 0 Å². The minimum absolute atomic E-state index is 0.371. The molecule has 1 unspecified atom stereocenters. The summed E-state index contributed by atoms with van der Waals surface area (Å²) >= 11 is 0. The van der Waals surface area contributed by atoms with Gasteiger partial charge in [0.25, 0.3) is 0 Å².